The van der Waals surface area contributed by atoms with Gasteiger partial charge in [-0.3, -0.25) is 4.90 Å². The summed E-state index contributed by atoms with van der Waals surface area (Å²) in [4.78, 5) is 1.98. The van der Waals surface area contributed by atoms with Crippen molar-refractivity contribution in [1.82, 2.24) is 4.90 Å². The van der Waals surface area contributed by atoms with E-state index in [-0.39, 0.29) is 12.5 Å². The summed E-state index contributed by atoms with van der Waals surface area (Å²) >= 11 is 0. The number of likely N-dealkylation sites (N-methyl/N-ethyl adjacent to an activating group) is 1. The number of hydrogen-bond donors (Lipinski definition) is 2. The molecule has 72 valence electrons. The molecule has 3 atom stereocenters. The average molecular weight is 174 g/mol. The van der Waals surface area contributed by atoms with Gasteiger partial charge >= 0.3 is 0 Å². The van der Waals surface area contributed by atoms with E-state index >= 15 is 0 Å². The minimum atomic E-state index is -0.451. The van der Waals surface area contributed by atoms with Crippen molar-refractivity contribution in [2.24, 2.45) is 5.73 Å². The Labute approximate surface area is 73.3 Å². The maximum atomic E-state index is 9.53. The van der Waals surface area contributed by atoms with Crippen LogP contribution in [-0.4, -0.2) is 41.7 Å². The first kappa shape index (κ1) is 9.92. The van der Waals surface area contributed by atoms with Crippen LogP contribution in [0.25, 0.3) is 0 Å². The van der Waals surface area contributed by atoms with Crippen molar-refractivity contribution < 1.29 is 9.84 Å². The second-order valence-corrected chi connectivity index (χ2v) is 3.63. The maximum Gasteiger partial charge on any atom is 0.139 e. The largest absolute Gasteiger partial charge is 0.389 e. The number of ether oxygens (including phenoxy) is 1. The standard InChI is InChI=1S/C8H18N2O2/c1-5(2)10(3)8-6(11)4-7(9)12-8/h5-8,11H,4,9H2,1-3H3. The molecule has 1 aliphatic rings. The smallest absolute Gasteiger partial charge is 0.139 e. The van der Waals surface area contributed by atoms with Gasteiger partial charge in [-0.1, -0.05) is 0 Å². The van der Waals surface area contributed by atoms with Gasteiger partial charge in [0, 0.05) is 12.5 Å². The van der Waals surface area contributed by atoms with Crippen molar-refractivity contribution in [2.45, 2.75) is 44.9 Å². The molecule has 0 aliphatic carbocycles. The lowest BCUT2D eigenvalue weighted by Gasteiger charge is -2.29. The van der Waals surface area contributed by atoms with Crippen LogP contribution < -0.4 is 5.73 Å². The zero-order valence-electron chi connectivity index (χ0n) is 7.90. The topological polar surface area (TPSA) is 58.7 Å². The number of aliphatic hydroxyl groups excluding tert-OH is 1. The summed E-state index contributed by atoms with van der Waals surface area (Å²) in [5, 5.41) is 9.53. The van der Waals surface area contributed by atoms with Crippen LogP contribution in [0.3, 0.4) is 0 Å². The van der Waals surface area contributed by atoms with E-state index in [2.05, 4.69) is 13.8 Å². The molecule has 4 nitrogen and oxygen atoms in total. The lowest BCUT2D eigenvalue weighted by molar-refractivity contribution is -0.0884. The van der Waals surface area contributed by atoms with Crippen LogP contribution in [0.4, 0.5) is 0 Å². The maximum absolute atomic E-state index is 9.53. The van der Waals surface area contributed by atoms with Gasteiger partial charge in [-0.15, -0.1) is 0 Å². The van der Waals surface area contributed by atoms with Gasteiger partial charge in [0.25, 0.3) is 0 Å². The molecule has 0 aromatic heterocycles. The molecule has 3 unspecified atom stereocenters. The zero-order valence-corrected chi connectivity index (χ0v) is 7.90. The first-order valence-electron chi connectivity index (χ1n) is 4.33. The molecule has 0 radical (unpaired) electrons. The lowest BCUT2D eigenvalue weighted by atomic mass is 10.2. The van der Waals surface area contributed by atoms with Gasteiger partial charge in [0.1, 0.15) is 12.5 Å². The minimum Gasteiger partial charge on any atom is -0.389 e. The summed E-state index contributed by atoms with van der Waals surface area (Å²) in [5.74, 6) is 0. The molecule has 0 aromatic carbocycles. The van der Waals surface area contributed by atoms with Crippen molar-refractivity contribution in [2.75, 3.05) is 7.05 Å². The van der Waals surface area contributed by atoms with Crippen molar-refractivity contribution in [3.8, 4) is 0 Å². The van der Waals surface area contributed by atoms with Gasteiger partial charge < -0.3 is 15.6 Å². The van der Waals surface area contributed by atoms with Crippen molar-refractivity contribution >= 4 is 0 Å². The van der Waals surface area contributed by atoms with Gasteiger partial charge in [-0.2, -0.15) is 0 Å². The Morgan fingerprint density at radius 1 is 1.58 bits per heavy atom. The summed E-state index contributed by atoms with van der Waals surface area (Å²) in [6, 6.07) is 0.356. The Balaban J connectivity index is 2.51. The van der Waals surface area contributed by atoms with Crippen LogP contribution in [0.15, 0.2) is 0 Å². The van der Waals surface area contributed by atoms with Crippen molar-refractivity contribution in [3.05, 3.63) is 0 Å². The second-order valence-electron chi connectivity index (χ2n) is 3.63. The number of nitrogens with two attached hydrogens (primary N) is 1. The van der Waals surface area contributed by atoms with Crippen LogP contribution >= 0.6 is 0 Å². The van der Waals surface area contributed by atoms with E-state index in [0.29, 0.717) is 12.5 Å². The summed E-state index contributed by atoms with van der Waals surface area (Å²) in [7, 11) is 1.93. The number of nitrogens with zero attached hydrogens (tertiary/aromatic N) is 1. The third-order valence-corrected chi connectivity index (χ3v) is 2.33. The predicted molar refractivity (Wildman–Crippen MR) is 46.4 cm³/mol. The summed E-state index contributed by atoms with van der Waals surface area (Å²) < 4.78 is 5.35. The van der Waals surface area contributed by atoms with Gasteiger partial charge in [-0.25, -0.2) is 0 Å². The number of rotatable bonds is 2. The fourth-order valence-corrected chi connectivity index (χ4v) is 1.34. The second kappa shape index (κ2) is 3.70. The quantitative estimate of drug-likeness (QED) is 0.604. The highest BCUT2D eigenvalue weighted by Gasteiger charge is 2.35. The Morgan fingerprint density at radius 3 is 2.50 bits per heavy atom. The fourth-order valence-electron chi connectivity index (χ4n) is 1.34. The van der Waals surface area contributed by atoms with E-state index in [4.69, 9.17) is 10.5 Å². The van der Waals surface area contributed by atoms with E-state index in [9.17, 15) is 5.11 Å². The van der Waals surface area contributed by atoms with Crippen LogP contribution in [0.5, 0.6) is 0 Å². The highest BCUT2D eigenvalue weighted by atomic mass is 16.5. The highest BCUT2D eigenvalue weighted by Crippen LogP contribution is 2.20. The van der Waals surface area contributed by atoms with Gasteiger partial charge in [0.2, 0.25) is 0 Å². The third kappa shape index (κ3) is 1.95. The Kier molecular flexibility index (Phi) is 3.06. The Bertz CT molecular complexity index is 152. The molecule has 0 aromatic rings. The monoisotopic (exact) mass is 174 g/mol. The minimum absolute atomic E-state index is 0.236. The van der Waals surface area contributed by atoms with Crippen LogP contribution in [0.2, 0.25) is 0 Å². The molecule has 0 spiro atoms. The number of aliphatic hydroxyl groups is 1. The zero-order chi connectivity index (χ0) is 9.30. The number of hydrogen-bond acceptors (Lipinski definition) is 4. The van der Waals surface area contributed by atoms with Crippen molar-refractivity contribution in [3.63, 3.8) is 0 Å². The first-order chi connectivity index (χ1) is 5.52. The molecule has 1 saturated heterocycles. The van der Waals surface area contributed by atoms with Gasteiger partial charge in [0.05, 0.1) is 6.10 Å². The van der Waals surface area contributed by atoms with Gasteiger partial charge in [0.15, 0.2) is 0 Å². The van der Waals surface area contributed by atoms with E-state index in [1.54, 1.807) is 0 Å². The molecule has 12 heavy (non-hydrogen) atoms. The predicted octanol–water partition coefficient (Wildman–Crippen LogP) is -0.281. The molecule has 0 saturated carbocycles. The van der Waals surface area contributed by atoms with E-state index in [1.807, 2.05) is 11.9 Å². The fraction of sp³-hybridized carbons (Fsp3) is 1.00. The summed E-state index contributed by atoms with van der Waals surface area (Å²) in [6.45, 7) is 4.11. The molecule has 1 fully saturated rings. The van der Waals surface area contributed by atoms with E-state index in [0.717, 1.165) is 0 Å². The normalized spacial score (nSPS) is 36.8. The van der Waals surface area contributed by atoms with Crippen LogP contribution in [0.1, 0.15) is 20.3 Å². The molecular formula is C8H18N2O2. The summed E-state index contributed by atoms with van der Waals surface area (Å²) in [5.41, 5.74) is 5.54. The summed E-state index contributed by atoms with van der Waals surface area (Å²) in [6.07, 6.45) is -0.472. The van der Waals surface area contributed by atoms with Crippen LogP contribution in [-0.2, 0) is 4.74 Å². The molecule has 1 rings (SSSR count). The lowest BCUT2D eigenvalue weighted by Crippen LogP contribution is -2.43. The molecule has 3 N–H and O–H groups in total. The molecule has 1 aliphatic heterocycles. The Hall–Kier alpha value is -0.160. The SMILES string of the molecule is CC(C)N(C)C1OC(N)CC1O. The van der Waals surface area contributed by atoms with E-state index in [1.165, 1.54) is 0 Å². The Morgan fingerprint density at radius 2 is 2.17 bits per heavy atom. The third-order valence-electron chi connectivity index (χ3n) is 2.33. The molecule has 4 heteroatoms. The molecule has 0 amide bonds. The van der Waals surface area contributed by atoms with Gasteiger partial charge in [-0.05, 0) is 20.9 Å². The van der Waals surface area contributed by atoms with Crippen molar-refractivity contribution in [1.29, 1.82) is 0 Å². The first-order valence-corrected chi connectivity index (χ1v) is 4.33. The highest BCUT2D eigenvalue weighted by molar-refractivity contribution is 4.79. The molecular weight excluding hydrogens is 156 g/mol. The molecule has 1 heterocycles. The molecule has 0 bridgehead atoms. The van der Waals surface area contributed by atoms with Crippen LogP contribution in [0, 0.1) is 0 Å². The van der Waals surface area contributed by atoms with E-state index < -0.39 is 6.10 Å². The average Bonchev–Trinajstić information content (AvgIpc) is 2.28.